The van der Waals surface area contributed by atoms with E-state index >= 15 is 0 Å². The van der Waals surface area contributed by atoms with Gasteiger partial charge in [-0.25, -0.2) is 0 Å². The normalized spacial score (nSPS) is 28.7. The summed E-state index contributed by atoms with van der Waals surface area (Å²) in [6.07, 6.45) is 0.410. The molecular formula is C15H31N3O. The lowest BCUT2D eigenvalue weighted by molar-refractivity contribution is -0.0420. The minimum atomic E-state index is 0.410. The summed E-state index contributed by atoms with van der Waals surface area (Å²) in [5.74, 6) is 0. The predicted octanol–water partition coefficient (Wildman–Crippen LogP) is 0.981. The Hall–Kier alpha value is -0.160. The van der Waals surface area contributed by atoms with Crippen LogP contribution in [0.5, 0.6) is 0 Å². The van der Waals surface area contributed by atoms with Crippen LogP contribution in [0.1, 0.15) is 20.8 Å². The Kier molecular flexibility index (Phi) is 5.23. The van der Waals surface area contributed by atoms with Gasteiger partial charge < -0.3 is 14.5 Å². The van der Waals surface area contributed by atoms with Crippen LogP contribution in [0.4, 0.5) is 0 Å². The van der Waals surface area contributed by atoms with Crippen LogP contribution in [0, 0.1) is 5.41 Å². The standard InChI is InChI=1S/C15H31N3O/c1-15(2,3)13-18-7-5-17(6-8-18)12-14-11-16(4)9-10-19-14/h14H,5-13H2,1-4H3/t14-/m1/s1. The first-order valence-electron chi connectivity index (χ1n) is 7.67. The van der Waals surface area contributed by atoms with E-state index in [1.54, 1.807) is 0 Å². The molecule has 2 fully saturated rings. The molecule has 2 aliphatic heterocycles. The summed E-state index contributed by atoms with van der Waals surface area (Å²) in [5.41, 5.74) is 0.414. The van der Waals surface area contributed by atoms with Crippen LogP contribution >= 0.6 is 0 Å². The molecule has 0 aromatic carbocycles. The second-order valence-corrected chi connectivity index (χ2v) is 7.39. The molecule has 0 N–H and O–H groups in total. The van der Waals surface area contributed by atoms with E-state index < -0.39 is 0 Å². The molecule has 0 radical (unpaired) electrons. The highest BCUT2D eigenvalue weighted by molar-refractivity contribution is 4.79. The van der Waals surface area contributed by atoms with Crippen LogP contribution in [0.2, 0.25) is 0 Å². The zero-order chi connectivity index (χ0) is 13.9. The Labute approximate surface area is 118 Å². The van der Waals surface area contributed by atoms with Gasteiger partial charge in [-0.3, -0.25) is 4.90 Å². The lowest BCUT2D eigenvalue weighted by Gasteiger charge is -2.40. The molecule has 4 heteroatoms. The fraction of sp³-hybridized carbons (Fsp3) is 1.00. The van der Waals surface area contributed by atoms with Gasteiger partial charge >= 0.3 is 0 Å². The summed E-state index contributed by atoms with van der Waals surface area (Å²) in [5, 5.41) is 0. The molecule has 0 spiro atoms. The fourth-order valence-corrected chi connectivity index (χ4v) is 3.07. The minimum Gasteiger partial charge on any atom is -0.374 e. The van der Waals surface area contributed by atoms with E-state index in [0.717, 1.165) is 26.2 Å². The van der Waals surface area contributed by atoms with E-state index in [9.17, 15) is 0 Å². The quantitative estimate of drug-likeness (QED) is 0.760. The average Bonchev–Trinajstić information content (AvgIpc) is 2.30. The molecule has 0 amide bonds. The van der Waals surface area contributed by atoms with Crippen molar-refractivity contribution in [3.8, 4) is 0 Å². The zero-order valence-corrected chi connectivity index (χ0v) is 13.2. The molecule has 0 unspecified atom stereocenters. The Bertz CT molecular complexity index is 269. The van der Waals surface area contributed by atoms with Gasteiger partial charge in [0.15, 0.2) is 0 Å². The van der Waals surface area contributed by atoms with Crippen molar-refractivity contribution in [1.82, 2.24) is 14.7 Å². The lowest BCUT2D eigenvalue weighted by Crippen LogP contribution is -2.53. The molecule has 2 heterocycles. The maximum atomic E-state index is 5.86. The molecule has 0 saturated carbocycles. The summed E-state index contributed by atoms with van der Waals surface area (Å²) in [6.45, 7) is 17.2. The van der Waals surface area contributed by atoms with Gasteiger partial charge in [0.25, 0.3) is 0 Å². The second kappa shape index (κ2) is 6.53. The average molecular weight is 269 g/mol. The van der Waals surface area contributed by atoms with E-state index in [-0.39, 0.29) is 0 Å². The third-order valence-corrected chi connectivity index (χ3v) is 3.97. The molecule has 0 aromatic rings. The van der Waals surface area contributed by atoms with Crippen LogP contribution < -0.4 is 0 Å². The first kappa shape index (κ1) is 15.2. The second-order valence-electron chi connectivity index (χ2n) is 7.39. The van der Waals surface area contributed by atoms with Crippen LogP contribution in [-0.2, 0) is 4.74 Å². The monoisotopic (exact) mass is 269 g/mol. The molecule has 19 heavy (non-hydrogen) atoms. The number of rotatable bonds is 3. The van der Waals surface area contributed by atoms with E-state index in [4.69, 9.17) is 4.74 Å². The van der Waals surface area contributed by atoms with Crippen LogP contribution in [-0.4, -0.2) is 86.8 Å². The van der Waals surface area contributed by atoms with E-state index in [1.807, 2.05) is 0 Å². The van der Waals surface area contributed by atoms with Crippen molar-refractivity contribution in [2.24, 2.45) is 5.41 Å². The first-order chi connectivity index (χ1) is 8.92. The third-order valence-electron chi connectivity index (χ3n) is 3.97. The van der Waals surface area contributed by atoms with Gasteiger partial charge in [0.05, 0.1) is 12.7 Å². The number of piperazine rings is 1. The predicted molar refractivity (Wildman–Crippen MR) is 79.6 cm³/mol. The molecule has 2 rings (SSSR count). The SMILES string of the molecule is CN1CCO[C@@H](CN2CCN(CC(C)(C)C)CC2)C1. The highest BCUT2D eigenvalue weighted by Gasteiger charge is 2.25. The summed E-state index contributed by atoms with van der Waals surface area (Å²) < 4.78 is 5.86. The summed E-state index contributed by atoms with van der Waals surface area (Å²) in [7, 11) is 2.19. The van der Waals surface area contributed by atoms with Crippen LogP contribution in [0.15, 0.2) is 0 Å². The fourth-order valence-electron chi connectivity index (χ4n) is 3.07. The van der Waals surface area contributed by atoms with Gasteiger partial charge in [0, 0.05) is 52.4 Å². The molecule has 2 saturated heterocycles. The van der Waals surface area contributed by atoms with Crippen molar-refractivity contribution in [1.29, 1.82) is 0 Å². The van der Waals surface area contributed by atoms with Crippen LogP contribution in [0.3, 0.4) is 0 Å². The van der Waals surface area contributed by atoms with Crippen molar-refractivity contribution in [3.05, 3.63) is 0 Å². The lowest BCUT2D eigenvalue weighted by atomic mass is 9.96. The number of hydrogen-bond donors (Lipinski definition) is 0. The maximum Gasteiger partial charge on any atom is 0.0829 e. The Morgan fingerprint density at radius 2 is 1.63 bits per heavy atom. The molecule has 0 bridgehead atoms. The van der Waals surface area contributed by atoms with Gasteiger partial charge in [-0.15, -0.1) is 0 Å². The highest BCUT2D eigenvalue weighted by atomic mass is 16.5. The van der Waals surface area contributed by atoms with Crippen molar-refractivity contribution in [2.75, 3.05) is 66.0 Å². The van der Waals surface area contributed by atoms with E-state index in [2.05, 4.69) is 42.5 Å². The van der Waals surface area contributed by atoms with Crippen molar-refractivity contribution in [3.63, 3.8) is 0 Å². The molecule has 0 aliphatic carbocycles. The zero-order valence-electron chi connectivity index (χ0n) is 13.2. The Morgan fingerprint density at radius 3 is 2.21 bits per heavy atom. The molecule has 2 aliphatic rings. The minimum absolute atomic E-state index is 0.410. The maximum absolute atomic E-state index is 5.86. The first-order valence-corrected chi connectivity index (χ1v) is 7.67. The largest absolute Gasteiger partial charge is 0.374 e. The van der Waals surface area contributed by atoms with Gasteiger partial charge in [-0.1, -0.05) is 20.8 Å². The molecule has 112 valence electrons. The van der Waals surface area contributed by atoms with Crippen molar-refractivity contribution in [2.45, 2.75) is 26.9 Å². The van der Waals surface area contributed by atoms with E-state index in [0.29, 0.717) is 11.5 Å². The topological polar surface area (TPSA) is 19.0 Å². The van der Waals surface area contributed by atoms with Gasteiger partial charge in [0.1, 0.15) is 0 Å². The van der Waals surface area contributed by atoms with Gasteiger partial charge in [-0.05, 0) is 12.5 Å². The number of hydrogen-bond acceptors (Lipinski definition) is 4. The number of ether oxygens (including phenoxy) is 1. The third kappa shape index (κ3) is 5.38. The van der Waals surface area contributed by atoms with Crippen LogP contribution in [0.25, 0.3) is 0 Å². The number of likely N-dealkylation sites (N-methyl/N-ethyl adjacent to an activating group) is 1. The molecule has 4 nitrogen and oxygen atoms in total. The summed E-state index contributed by atoms with van der Waals surface area (Å²) >= 11 is 0. The smallest absolute Gasteiger partial charge is 0.0829 e. The van der Waals surface area contributed by atoms with E-state index in [1.165, 1.54) is 32.7 Å². The van der Waals surface area contributed by atoms with Crippen molar-refractivity contribution >= 4 is 0 Å². The van der Waals surface area contributed by atoms with Crippen molar-refractivity contribution < 1.29 is 4.74 Å². The molecule has 1 atom stereocenters. The summed E-state index contributed by atoms with van der Waals surface area (Å²) in [4.78, 5) is 7.55. The summed E-state index contributed by atoms with van der Waals surface area (Å²) in [6, 6.07) is 0. The number of nitrogens with zero attached hydrogens (tertiary/aromatic N) is 3. The van der Waals surface area contributed by atoms with Gasteiger partial charge in [-0.2, -0.15) is 0 Å². The number of morpholine rings is 1. The molecular weight excluding hydrogens is 238 g/mol. The Balaban J connectivity index is 1.68. The highest BCUT2D eigenvalue weighted by Crippen LogP contribution is 2.16. The van der Waals surface area contributed by atoms with Gasteiger partial charge in [0.2, 0.25) is 0 Å². The molecule has 0 aromatic heterocycles. The Morgan fingerprint density at radius 1 is 1.00 bits per heavy atom.